The molecule has 6 nitrogen and oxygen atoms in total. The molecule has 6 heteroatoms. The van der Waals surface area contributed by atoms with Gasteiger partial charge in [-0.1, -0.05) is 13.8 Å². The van der Waals surface area contributed by atoms with E-state index in [9.17, 15) is 9.59 Å². The largest absolute Gasteiger partial charge is 0.493 e. The van der Waals surface area contributed by atoms with Crippen LogP contribution in [0, 0.1) is 11.8 Å². The van der Waals surface area contributed by atoms with Crippen LogP contribution in [0.25, 0.3) is 0 Å². The lowest BCUT2D eigenvalue weighted by Gasteiger charge is -2.18. The molecule has 0 radical (unpaired) electrons. The first-order valence-corrected chi connectivity index (χ1v) is 8.76. The van der Waals surface area contributed by atoms with E-state index in [-0.39, 0.29) is 24.2 Å². The Hall–Kier alpha value is -2.24. The van der Waals surface area contributed by atoms with Crippen molar-refractivity contribution < 1.29 is 19.1 Å². The maximum Gasteiger partial charge on any atom is 0.227 e. The maximum atomic E-state index is 12.3. The van der Waals surface area contributed by atoms with Gasteiger partial charge in [0.1, 0.15) is 0 Å². The third-order valence-corrected chi connectivity index (χ3v) is 4.43. The van der Waals surface area contributed by atoms with Gasteiger partial charge in [0, 0.05) is 31.3 Å². The molecule has 2 rings (SSSR count). The molecule has 1 heterocycles. The third-order valence-electron chi connectivity index (χ3n) is 4.43. The zero-order chi connectivity index (χ0) is 18.4. The fraction of sp³-hybridized carbons (Fsp3) is 0.579. The number of amides is 2. The van der Waals surface area contributed by atoms with Crippen molar-refractivity contribution in [1.29, 1.82) is 0 Å². The van der Waals surface area contributed by atoms with E-state index in [2.05, 4.69) is 19.2 Å². The highest BCUT2D eigenvalue weighted by atomic mass is 16.5. The average molecular weight is 348 g/mol. The van der Waals surface area contributed by atoms with Crippen LogP contribution in [0.2, 0.25) is 0 Å². The van der Waals surface area contributed by atoms with E-state index in [4.69, 9.17) is 9.47 Å². The predicted molar refractivity (Wildman–Crippen MR) is 97.1 cm³/mol. The SMILES string of the molecule is COc1ccc(N2CC(C(=O)NCCCC(C)C)CC2=O)cc1OC. The number of rotatable bonds is 8. The Kier molecular flexibility index (Phi) is 6.67. The molecule has 25 heavy (non-hydrogen) atoms. The van der Waals surface area contributed by atoms with Gasteiger partial charge >= 0.3 is 0 Å². The summed E-state index contributed by atoms with van der Waals surface area (Å²) in [5.41, 5.74) is 0.720. The van der Waals surface area contributed by atoms with Crippen LogP contribution >= 0.6 is 0 Å². The van der Waals surface area contributed by atoms with Gasteiger partial charge in [-0.2, -0.15) is 0 Å². The number of benzene rings is 1. The van der Waals surface area contributed by atoms with Crippen LogP contribution < -0.4 is 19.7 Å². The number of carbonyl (C=O) groups is 2. The van der Waals surface area contributed by atoms with Gasteiger partial charge in [0.15, 0.2) is 11.5 Å². The number of anilines is 1. The van der Waals surface area contributed by atoms with Crippen molar-refractivity contribution in [2.75, 3.05) is 32.2 Å². The first-order chi connectivity index (χ1) is 12.0. The van der Waals surface area contributed by atoms with Crippen molar-refractivity contribution in [1.82, 2.24) is 5.32 Å². The lowest BCUT2D eigenvalue weighted by Crippen LogP contribution is -2.33. The van der Waals surface area contributed by atoms with Gasteiger partial charge in [0.05, 0.1) is 20.1 Å². The summed E-state index contributed by atoms with van der Waals surface area (Å²) in [5.74, 6) is 1.41. The summed E-state index contributed by atoms with van der Waals surface area (Å²) in [7, 11) is 3.12. The highest BCUT2D eigenvalue weighted by molar-refractivity contribution is 6.00. The van der Waals surface area contributed by atoms with Gasteiger partial charge in [-0.3, -0.25) is 9.59 Å². The third kappa shape index (κ3) is 4.87. The minimum Gasteiger partial charge on any atom is -0.493 e. The number of carbonyl (C=O) groups excluding carboxylic acids is 2. The van der Waals surface area contributed by atoms with E-state index in [0.29, 0.717) is 30.5 Å². The Morgan fingerprint density at radius 3 is 2.64 bits per heavy atom. The fourth-order valence-corrected chi connectivity index (χ4v) is 2.99. The summed E-state index contributed by atoms with van der Waals surface area (Å²) >= 11 is 0. The summed E-state index contributed by atoms with van der Waals surface area (Å²) < 4.78 is 10.5. The molecular weight excluding hydrogens is 320 g/mol. The molecule has 1 unspecified atom stereocenters. The van der Waals surface area contributed by atoms with E-state index in [1.165, 1.54) is 0 Å². The number of methoxy groups -OCH3 is 2. The normalized spacial score (nSPS) is 17.1. The van der Waals surface area contributed by atoms with Crippen molar-refractivity contribution in [3.63, 3.8) is 0 Å². The Morgan fingerprint density at radius 1 is 1.28 bits per heavy atom. The molecule has 0 aromatic heterocycles. The minimum atomic E-state index is -0.306. The molecule has 1 N–H and O–H groups in total. The summed E-state index contributed by atoms with van der Waals surface area (Å²) in [6, 6.07) is 5.34. The van der Waals surface area contributed by atoms with Crippen LogP contribution in [0.3, 0.4) is 0 Å². The van der Waals surface area contributed by atoms with Gasteiger partial charge in [-0.15, -0.1) is 0 Å². The van der Waals surface area contributed by atoms with Crippen LogP contribution in [0.1, 0.15) is 33.1 Å². The van der Waals surface area contributed by atoms with Crippen LogP contribution in [-0.4, -0.2) is 39.1 Å². The molecule has 1 aliphatic rings. The molecule has 2 amide bonds. The van der Waals surface area contributed by atoms with Gasteiger partial charge in [0.2, 0.25) is 11.8 Å². The second-order valence-electron chi connectivity index (χ2n) is 6.77. The van der Waals surface area contributed by atoms with E-state index < -0.39 is 0 Å². The Bertz CT molecular complexity index is 615. The number of nitrogens with zero attached hydrogens (tertiary/aromatic N) is 1. The molecule has 1 aromatic rings. The van der Waals surface area contributed by atoms with Crippen molar-refractivity contribution >= 4 is 17.5 Å². The van der Waals surface area contributed by atoms with Gasteiger partial charge in [-0.25, -0.2) is 0 Å². The van der Waals surface area contributed by atoms with Crippen LogP contribution in [0.4, 0.5) is 5.69 Å². The zero-order valence-electron chi connectivity index (χ0n) is 15.5. The summed E-state index contributed by atoms with van der Waals surface area (Å²) in [6.45, 7) is 5.39. The van der Waals surface area contributed by atoms with E-state index in [0.717, 1.165) is 18.5 Å². The zero-order valence-corrected chi connectivity index (χ0v) is 15.5. The monoisotopic (exact) mass is 348 g/mol. The van der Waals surface area contributed by atoms with Gasteiger partial charge in [-0.05, 0) is 30.9 Å². The van der Waals surface area contributed by atoms with Crippen molar-refractivity contribution in [2.45, 2.75) is 33.1 Å². The number of hydrogen-bond acceptors (Lipinski definition) is 4. The first kappa shape index (κ1) is 19.1. The maximum absolute atomic E-state index is 12.3. The second-order valence-corrected chi connectivity index (χ2v) is 6.77. The Labute approximate surface area is 149 Å². The standard InChI is InChI=1S/C19H28N2O4/c1-13(2)6-5-9-20-19(23)14-10-18(22)21(12-14)15-7-8-16(24-3)17(11-15)25-4/h7-8,11,13-14H,5-6,9-10,12H2,1-4H3,(H,20,23). The van der Waals surface area contributed by atoms with Crippen LogP contribution in [0.5, 0.6) is 11.5 Å². The lowest BCUT2D eigenvalue weighted by atomic mass is 10.1. The van der Waals surface area contributed by atoms with Gasteiger partial charge in [0.25, 0.3) is 0 Å². The lowest BCUT2D eigenvalue weighted by molar-refractivity contribution is -0.126. The topological polar surface area (TPSA) is 67.9 Å². The summed E-state index contributed by atoms with van der Waals surface area (Å²) in [5, 5.41) is 2.95. The predicted octanol–water partition coefficient (Wildman–Crippen LogP) is 2.61. The highest BCUT2D eigenvalue weighted by Gasteiger charge is 2.35. The Morgan fingerprint density at radius 2 is 2.00 bits per heavy atom. The number of hydrogen-bond donors (Lipinski definition) is 1. The summed E-state index contributed by atoms with van der Waals surface area (Å²) in [6.07, 6.45) is 2.29. The number of nitrogens with one attached hydrogen (secondary N) is 1. The molecule has 1 aromatic carbocycles. The van der Waals surface area contributed by atoms with Crippen LogP contribution in [0.15, 0.2) is 18.2 Å². The average Bonchev–Trinajstić information content (AvgIpc) is 2.99. The smallest absolute Gasteiger partial charge is 0.227 e. The molecular formula is C19H28N2O4. The van der Waals surface area contributed by atoms with E-state index in [1.54, 1.807) is 31.3 Å². The van der Waals surface area contributed by atoms with E-state index >= 15 is 0 Å². The molecule has 0 bridgehead atoms. The van der Waals surface area contributed by atoms with E-state index in [1.807, 2.05) is 6.07 Å². The van der Waals surface area contributed by atoms with Crippen molar-refractivity contribution in [2.24, 2.45) is 11.8 Å². The first-order valence-electron chi connectivity index (χ1n) is 8.76. The minimum absolute atomic E-state index is 0.0416. The second kappa shape index (κ2) is 8.74. The van der Waals surface area contributed by atoms with Crippen molar-refractivity contribution in [3.05, 3.63) is 18.2 Å². The molecule has 0 aliphatic carbocycles. The fourth-order valence-electron chi connectivity index (χ4n) is 2.99. The molecule has 1 fully saturated rings. The molecule has 1 atom stereocenters. The summed E-state index contributed by atoms with van der Waals surface area (Å²) in [4.78, 5) is 26.3. The number of ether oxygens (including phenoxy) is 2. The highest BCUT2D eigenvalue weighted by Crippen LogP contribution is 2.34. The molecule has 138 valence electrons. The van der Waals surface area contributed by atoms with Crippen LogP contribution in [-0.2, 0) is 9.59 Å². The molecule has 1 aliphatic heterocycles. The Balaban J connectivity index is 1.96. The quantitative estimate of drug-likeness (QED) is 0.733. The molecule has 1 saturated heterocycles. The van der Waals surface area contributed by atoms with Gasteiger partial charge < -0.3 is 19.7 Å². The molecule has 0 saturated carbocycles. The molecule has 0 spiro atoms. The van der Waals surface area contributed by atoms with Crippen molar-refractivity contribution in [3.8, 4) is 11.5 Å².